The van der Waals surface area contributed by atoms with E-state index in [1.807, 2.05) is 24.3 Å². The van der Waals surface area contributed by atoms with Gasteiger partial charge in [-0.05, 0) is 30.9 Å². The lowest BCUT2D eigenvalue weighted by Gasteiger charge is -2.13. The van der Waals surface area contributed by atoms with Crippen molar-refractivity contribution in [1.29, 1.82) is 0 Å². The van der Waals surface area contributed by atoms with Gasteiger partial charge in [-0.15, -0.1) is 0 Å². The van der Waals surface area contributed by atoms with E-state index < -0.39 is 0 Å². The van der Waals surface area contributed by atoms with Crippen molar-refractivity contribution in [3.05, 3.63) is 34.3 Å². The number of urea groups is 1. The van der Waals surface area contributed by atoms with Crippen LogP contribution in [-0.4, -0.2) is 30.8 Å². The molecule has 0 heterocycles. The summed E-state index contributed by atoms with van der Waals surface area (Å²) < 4.78 is 1.06. The van der Waals surface area contributed by atoms with Crippen molar-refractivity contribution in [2.75, 3.05) is 19.7 Å². The molecule has 0 aromatic heterocycles. The summed E-state index contributed by atoms with van der Waals surface area (Å²) in [5, 5.41) is 14.8. The number of nitrogens with one attached hydrogen (secondary N) is 2. The Kier molecular flexibility index (Phi) is 4.82. The smallest absolute Gasteiger partial charge is 0.314 e. The highest BCUT2D eigenvalue weighted by molar-refractivity contribution is 9.10. The van der Waals surface area contributed by atoms with Crippen LogP contribution in [0.4, 0.5) is 4.79 Å². The van der Waals surface area contributed by atoms with Crippen LogP contribution in [0.5, 0.6) is 0 Å². The van der Waals surface area contributed by atoms with Crippen LogP contribution in [0.15, 0.2) is 28.7 Å². The number of hydrogen-bond donors (Lipinski definition) is 3. The minimum Gasteiger partial charge on any atom is -0.396 e. The van der Waals surface area contributed by atoms with E-state index in [4.69, 9.17) is 5.11 Å². The molecule has 0 saturated heterocycles. The number of carbonyl (C=O) groups is 1. The van der Waals surface area contributed by atoms with Crippen LogP contribution in [0.2, 0.25) is 0 Å². The Hall–Kier alpha value is -1.07. The summed E-state index contributed by atoms with van der Waals surface area (Å²) in [5.41, 5.74) is 1.14. The Morgan fingerprint density at radius 3 is 2.68 bits per heavy atom. The molecule has 0 atom stereocenters. The maximum Gasteiger partial charge on any atom is 0.314 e. The molecule has 0 unspecified atom stereocenters. The van der Waals surface area contributed by atoms with Gasteiger partial charge in [-0.2, -0.15) is 0 Å². The van der Waals surface area contributed by atoms with Gasteiger partial charge in [0.2, 0.25) is 0 Å². The van der Waals surface area contributed by atoms with Gasteiger partial charge in [-0.3, -0.25) is 0 Å². The number of rotatable bonds is 6. The fourth-order valence-corrected chi connectivity index (χ4v) is 2.39. The van der Waals surface area contributed by atoms with Crippen molar-refractivity contribution < 1.29 is 9.90 Å². The van der Waals surface area contributed by atoms with Crippen LogP contribution in [0, 0.1) is 5.41 Å². The number of amides is 2. The fourth-order valence-electron chi connectivity index (χ4n) is 1.91. The first-order valence-corrected chi connectivity index (χ1v) is 7.30. The molecule has 1 fully saturated rings. The largest absolute Gasteiger partial charge is 0.396 e. The Morgan fingerprint density at radius 2 is 2.05 bits per heavy atom. The quantitative estimate of drug-likeness (QED) is 0.749. The van der Waals surface area contributed by atoms with E-state index in [1.165, 1.54) is 5.56 Å². The Balaban J connectivity index is 1.65. The van der Waals surface area contributed by atoms with Gasteiger partial charge in [0.05, 0.1) is 6.61 Å². The van der Waals surface area contributed by atoms with Crippen molar-refractivity contribution in [1.82, 2.24) is 10.6 Å². The van der Waals surface area contributed by atoms with Gasteiger partial charge in [0.15, 0.2) is 0 Å². The second-order valence-electron chi connectivity index (χ2n) is 5.11. The van der Waals surface area contributed by atoms with Crippen molar-refractivity contribution in [2.45, 2.75) is 19.3 Å². The molecule has 3 N–H and O–H groups in total. The molecule has 1 saturated carbocycles. The summed E-state index contributed by atoms with van der Waals surface area (Å²) in [4.78, 5) is 11.6. The highest BCUT2D eigenvalue weighted by Gasteiger charge is 2.41. The van der Waals surface area contributed by atoms with E-state index in [-0.39, 0.29) is 18.1 Å². The zero-order valence-electron chi connectivity index (χ0n) is 10.8. The fraction of sp³-hybridized carbons (Fsp3) is 0.500. The second kappa shape index (κ2) is 6.39. The standard InChI is InChI=1S/C14H19BrN2O2/c15-12-4-2-1-3-11(12)5-8-16-13(19)17-9-14(10-18)6-7-14/h1-4,18H,5-10H2,(H2,16,17,19). The van der Waals surface area contributed by atoms with Crippen molar-refractivity contribution in [3.63, 3.8) is 0 Å². The molecule has 1 aliphatic carbocycles. The molecule has 0 aliphatic heterocycles. The van der Waals surface area contributed by atoms with Crippen molar-refractivity contribution in [2.24, 2.45) is 5.41 Å². The van der Waals surface area contributed by atoms with Gasteiger partial charge in [0.1, 0.15) is 0 Å². The predicted octanol–water partition coefficient (Wildman–Crippen LogP) is 2.06. The first kappa shape index (κ1) is 14.3. The van der Waals surface area contributed by atoms with E-state index in [9.17, 15) is 4.79 Å². The summed E-state index contributed by atoms with van der Waals surface area (Å²) in [6.45, 7) is 1.31. The molecule has 0 spiro atoms. The van der Waals surface area contributed by atoms with Gasteiger partial charge >= 0.3 is 6.03 Å². The molecule has 19 heavy (non-hydrogen) atoms. The van der Waals surface area contributed by atoms with E-state index in [1.54, 1.807) is 0 Å². The van der Waals surface area contributed by atoms with E-state index in [2.05, 4.69) is 26.6 Å². The van der Waals surface area contributed by atoms with Gasteiger partial charge < -0.3 is 15.7 Å². The molecule has 0 bridgehead atoms. The van der Waals surface area contributed by atoms with Gasteiger partial charge in [0, 0.05) is 23.0 Å². The van der Waals surface area contributed by atoms with E-state index in [0.717, 1.165) is 23.7 Å². The van der Waals surface area contributed by atoms with Crippen molar-refractivity contribution in [3.8, 4) is 0 Å². The van der Waals surface area contributed by atoms with Crippen LogP contribution in [0.3, 0.4) is 0 Å². The lowest BCUT2D eigenvalue weighted by molar-refractivity contribution is 0.203. The average Bonchev–Trinajstić information content (AvgIpc) is 3.19. The lowest BCUT2D eigenvalue weighted by atomic mass is 10.1. The normalized spacial score (nSPS) is 15.9. The number of hydrogen-bond acceptors (Lipinski definition) is 2. The molecule has 1 aromatic carbocycles. The molecule has 2 amide bonds. The first-order valence-electron chi connectivity index (χ1n) is 6.51. The summed E-state index contributed by atoms with van der Waals surface area (Å²) in [6.07, 6.45) is 2.79. The number of benzene rings is 1. The minimum absolute atomic E-state index is 0.0419. The number of carbonyl (C=O) groups excluding carboxylic acids is 1. The molecule has 104 valence electrons. The SMILES string of the molecule is O=C(NCCc1ccccc1Br)NCC1(CO)CC1. The summed E-state index contributed by atoms with van der Waals surface area (Å²) in [5.74, 6) is 0. The van der Waals surface area contributed by atoms with Crippen LogP contribution in [-0.2, 0) is 6.42 Å². The molecule has 5 heteroatoms. The lowest BCUT2D eigenvalue weighted by Crippen LogP contribution is -2.40. The average molecular weight is 327 g/mol. The molecular formula is C14H19BrN2O2. The number of aliphatic hydroxyl groups is 1. The van der Waals surface area contributed by atoms with Crippen molar-refractivity contribution >= 4 is 22.0 Å². The van der Waals surface area contributed by atoms with Gasteiger partial charge in [-0.25, -0.2) is 4.79 Å². The Labute approximate surface area is 121 Å². The second-order valence-corrected chi connectivity index (χ2v) is 5.96. The molecular weight excluding hydrogens is 308 g/mol. The van der Waals surface area contributed by atoms with Gasteiger partial charge in [0.25, 0.3) is 0 Å². The summed E-state index contributed by atoms with van der Waals surface area (Å²) >= 11 is 3.48. The molecule has 1 aromatic rings. The van der Waals surface area contributed by atoms with E-state index in [0.29, 0.717) is 13.1 Å². The van der Waals surface area contributed by atoms with Crippen LogP contribution < -0.4 is 10.6 Å². The number of halogens is 1. The summed E-state index contributed by atoms with van der Waals surface area (Å²) in [7, 11) is 0. The zero-order chi connectivity index (χ0) is 13.7. The topological polar surface area (TPSA) is 61.4 Å². The maximum atomic E-state index is 11.6. The maximum absolute atomic E-state index is 11.6. The Morgan fingerprint density at radius 1 is 1.32 bits per heavy atom. The van der Waals surface area contributed by atoms with E-state index >= 15 is 0 Å². The zero-order valence-corrected chi connectivity index (χ0v) is 12.4. The molecule has 4 nitrogen and oxygen atoms in total. The molecule has 2 rings (SSSR count). The van der Waals surface area contributed by atoms with Crippen LogP contribution in [0.1, 0.15) is 18.4 Å². The van der Waals surface area contributed by atoms with Crippen LogP contribution in [0.25, 0.3) is 0 Å². The molecule has 0 radical (unpaired) electrons. The minimum atomic E-state index is -0.160. The third-order valence-corrected chi connectivity index (χ3v) is 4.33. The molecule has 1 aliphatic rings. The summed E-state index contributed by atoms with van der Waals surface area (Å²) in [6, 6.07) is 7.82. The third-order valence-electron chi connectivity index (χ3n) is 3.55. The Bertz CT molecular complexity index is 447. The highest BCUT2D eigenvalue weighted by Crippen LogP contribution is 2.44. The first-order chi connectivity index (χ1) is 9.15. The third kappa shape index (κ3) is 4.21. The van der Waals surface area contributed by atoms with Crippen LogP contribution >= 0.6 is 15.9 Å². The number of aliphatic hydroxyl groups excluding tert-OH is 1. The highest BCUT2D eigenvalue weighted by atomic mass is 79.9. The van der Waals surface area contributed by atoms with Gasteiger partial charge in [-0.1, -0.05) is 34.1 Å². The monoisotopic (exact) mass is 326 g/mol. The predicted molar refractivity (Wildman–Crippen MR) is 78.0 cm³/mol.